The van der Waals surface area contributed by atoms with E-state index in [4.69, 9.17) is 5.73 Å². The number of hydrogen-bond donors (Lipinski definition) is 1. The van der Waals surface area contributed by atoms with Gasteiger partial charge in [0.25, 0.3) is 0 Å². The zero-order chi connectivity index (χ0) is 19.1. The number of alkyl halides is 3. The zero-order valence-electron chi connectivity index (χ0n) is 14.6. The Morgan fingerprint density at radius 2 is 1.92 bits per heavy atom. The molecule has 1 aromatic rings. The van der Waals surface area contributed by atoms with Crippen LogP contribution in [0.4, 0.5) is 13.2 Å². The highest BCUT2D eigenvalue weighted by Gasteiger charge is 2.40. The standard InChI is InChI=1S/C16H22F3N5O2/c1-22-6-7-23(8-12(22)15(20)26)13(25)9-24-11-5-3-2-4-10(11)14(21-24)16(17,18)19/h12H,2-9H2,1H3,(H2,20,26)/t12-/m0/s1. The fraction of sp³-hybridized carbons (Fsp3) is 0.688. The van der Waals surface area contributed by atoms with Crippen LogP contribution in [-0.2, 0) is 35.2 Å². The molecule has 7 nitrogen and oxygen atoms in total. The van der Waals surface area contributed by atoms with Gasteiger partial charge >= 0.3 is 6.18 Å². The van der Waals surface area contributed by atoms with E-state index in [2.05, 4.69) is 5.10 Å². The van der Waals surface area contributed by atoms with E-state index in [1.54, 1.807) is 11.9 Å². The van der Waals surface area contributed by atoms with Crippen LogP contribution in [0.15, 0.2) is 0 Å². The van der Waals surface area contributed by atoms with Crippen LogP contribution in [0.2, 0.25) is 0 Å². The maximum Gasteiger partial charge on any atom is 0.435 e. The van der Waals surface area contributed by atoms with Crippen LogP contribution < -0.4 is 5.73 Å². The van der Waals surface area contributed by atoms with Crippen molar-refractivity contribution in [2.24, 2.45) is 5.73 Å². The van der Waals surface area contributed by atoms with E-state index in [-0.39, 0.29) is 24.6 Å². The third kappa shape index (κ3) is 3.55. The summed E-state index contributed by atoms with van der Waals surface area (Å²) in [5.74, 6) is -0.880. The van der Waals surface area contributed by atoms with Crippen LogP contribution in [0, 0.1) is 0 Å². The molecule has 0 aromatic carbocycles. The smallest absolute Gasteiger partial charge is 0.368 e. The lowest BCUT2D eigenvalue weighted by Crippen LogP contribution is -2.58. The summed E-state index contributed by atoms with van der Waals surface area (Å²) in [5, 5.41) is 3.71. The molecule has 3 rings (SSSR count). The Morgan fingerprint density at radius 3 is 2.58 bits per heavy atom. The number of fused-ring (bicyclic) bond motifs is 1. The van der Waals surface area contributed by atoms with Crippen molar-refractivity contribution < 1.29 is 22.8 Å². The quantitative estimate of drug-likeness (QED) is 0.832. The van der Waals surface area contributed by atoms with Gasteiger partial charge in [-0.1, -0.05) is 0 Å². The fourth-order valence-electron chi connectivity index (χ4n) is 3.66. The van der Waals surface area contributed by atoms with Crippen molar-refractivity contribution in [2.75, 3.05) is 26.7 Å². The summed E-state index contributed by atoms with van der Waals surface area (Å²) >= 11 is 0. The summed E-state index contributed by atoms with van der Waals surface area (Å²) in [6.45, 7) is 0.757. The molecule has 1 fully saturated rings. The van der Waals surface area contributed by atoms with Crippen LogP contribution in [0.3, 0.4) is 0 Å². The Bertz CT molecular complexity index is 715. The first-order valence-corrected chi connectivity index (χ1v) is 8.61. The average molecular weight is 373 g/mol. The molecule has 2 N–H and O–H groups in total. The van der Waals surface area contributed by atoms with Gasteiger partial charge in [0.15, 0.2) is 5.69 Å². The molecule has 144 valence electrons. The highest BCUT2D eigenvalue weighted by molar-refractivity contribution is 5.82. The number of rotatable bonds is 3. The first-order chi connectivity index (χ1) is 12.2. The average Bonchev–Trinajstić information content (AvgIpc) is 2.94. The lowest BCUT2D eigenvalue weighted by atomic mass is 9.95. The third-order valence-electron chi connectivity index (χ3n) is 5.14. The molecule has 2 heterocycles. The lowest BCUT2D eigenvalue weighted by molar-refractivity contribution is -0.143. The minimum absolute atomic E-state index is 0.139. The molecule has 0 unspecified atom stereocenters. The zero-order valence-corrected chi connectivity index (χ0v) is 14.6. The second-order valence-electron chi connectivity index (χ2n) is 6.87. The van der Waals surface area contributed by atoms with Crippen LogP contribution in [0.5, 0.6) is 0 Å². The molecule has 2 aliphatic rings. The number of aromatic nitrogens is 2. The van der Waals surface area contributed by atoms with Crippen molar-refractivity contribution in [3.63, 3.8) is 0 Å². The Morgan fingerprint density at radius 1 is 1.23 bits per heavy atom. The number of carbonyl (C=O) groups excluding carboxylic acids is 2. The third-order valence-corrected chi connectivity index (χ3v) is 5.14. The summed E-state index contributed by atoms with van der Waals surface area (Å²) < 4.78 is 40.9. The second kappa shape index (κ2) is 6.90. The maximum atomic E-state index is 13.2. The van der Waals surface area contributed by atoms with Gasteiger partial charge in [0.05, 0.1) is 0 Å². The van der Waals surface area contributed by atoms with Gasteiger partial charge in [0.2, 0.25) is 11.8 Å². The first kappa shape index (κ1) is 18.7. The normalized spacial score (nSPS) is 21.5. The summed E-state index contributed by atoms with van der Waals surface area (Å²) in [5.41, 5.74) is 5.18. The van der Waals surface area contributed by atoms with Crippen molar-refractivity contribution >= 4 is 11.8 Å². The van der Waals surface area contributed by atoms with Crippen LogP contribution in [-0.4, -0.2) is 64.1 Å². The molecule has 10 heteroatoms. The van der Waals surface area contributed by atoms with Crippen molar-refractivity contribution in [1.82, 2.24) is 19.6 Å². The van der Waals surface area contributed by atoms with Gasteiger partial charge in [-0.3, -0.25) is 19.2 Å². The van der Waals surface area contributed by atoms with Gasteiger partial charge in [-0.2, -0.15) is 18.3 Å². The number of hydrogen-bond acceptors (Lipinski definition) is 4. The summed E-state index contributed by atoms with van der Waals surface area (Å²) in [6, 6.07) is -0.593. The highest BCUT2D eigenvalue weighted by Crippen LogP contribution is 2.35. The van der Waals surface area contributed by atoms with E-state index < -0.39 is 23.8 Å². The van der Waals surface area contributed by atoms with Crippen LogP contribution >= 0.6 is 0 Å². The predicted molar refractivity (Wildman–Crippen MR) is 86.1 cm³/mol. The summed E-state index contributed by atoms with van der Waals surface area (Å²) in [7, 11) is 1.75. The number of piperazine rings is 1. The van der Waals surface area contributed by atoms with E-state index in [0.29, 0.717) is 38.0 Å². The Hall–Kier alpha value is -2.10. The van der Waals surface area contributed by atoms with Gasteiger partial charge in [-0.25, -0.2) is 0 Å². The van der Waals surface area contributed by atoms with Crippen LogP contribution in [0.1, 0.15) is 29.8 Å². The molecule has 26 heavy (non-hydrogen) atoms. The minimum Gasteiger partial charge on any atom is -0.368 e. The maximum absolute atomic E-state index is 13.2. The van der Waals surface area contributed by atoms with Crippen LogP contribution in [0.25, 0.3) is 0 Å². The van der Waals surface area contributed by atoms with Crippen molar-refractivity contribution in [1.29, 1.82) is 0 Å². The van der Waals surface area contributed by atoms with Crippen molar-refractivity contribution in [2.45, 2.75) is 44.4 Å². The molecule has 1 aliphatic heterocycles. The summed E-state index contributed by atoms with van der Waals surface area (Å²) in [6.07, 6.45) is -2.24. The molecule has 0 spiro atoms. The number of nitrogens with two attached hydrogens (primary N) is 1. The van der Waals surface area contributed by atoms with Gasteiger partial charge in [-0.05, 0) is 32.7 Å². The molecule has 1 atom stereocenters. The van der Waals surface area contributed by atoms with Gasteiger partial charge in [0.1, 0.15) is 12.6 Å². The van der Waals surface area contributed by atoms with E-state index in [0.717, 1.165) is 6.42 Å². The van der Waals surface area contributed by atoms with Crippen molar-refractivity contribution in [3.05, 3.63) is 17.0 Å². The number of amides is 2. The number of carbonyl (C=O) groups is 2. The molecular formula is C16H22F3N5O2. The Balaban J connectivity index is 1.80. The number of halogens is 3. The summed E-state index contributed by atoms with van der Waals surface area (Å²) in [4.78, 5) is 27.3. The van der Waals surface area contributed by atoms with E-state index in [1.807, 2.05) is 0 Å². The van der Waals surface area contributed by atoms with Gasteiger partial charge < -0.3 is 10.6 Å². The minimum atomic E-state index is -4.53. The molecule has 0 bridgehead atoms. The molecule has 0 saturated carbocycles. The number of nitrogens with zero attached hydrogens (tertiary/aromatic N) is 4. The Labute approximate surface area is 148 Å². The van der Waals surface area contributed by atoms with Gasteiger partial charge in [0, 0.05) is 30.9 Å². The van der Waals surface area contributed by atoms with Crippen molar-refractivity contribution in [3.8, 4) is 0 Å². The highest BCUT2D eigenvalue weighted by atomic mass is 19.4. The largest absolute Gasteiger partial charge is 0.435 e. The molecule has 2 amide bonds. The van der Waals surface area contributed by atoms with E-state index in [1.165, 1.54) is 9.58 Å². The number of primary amides is 1. The monoisotopic (exact) mass is 373 g/mol. The first-order valence-electron chi connectivity index (χ1n) is 8.61. The second-order valence-corrected chi connectivity index (χ2v) is 6.87. The molecule has 1 aliphatic carbocycles. The fourth-order valence-corrected chi connectivity index (χ4v) is 3.66. The SMILES string of the molecule is CN1CCN(C(=O)Cn2nc(C(F)(F)F)c3c2CCCC3)C[C@H]1C(N)=O. The molecule has 0 radical (unpaired) electrons. The van der Waals surface area contributed by atoms with E-state index in [9.17, 15) is 22.8 Å². The van der Waals surface area contributed by atoms with Gasteiger partial charge in [-0.15, -0.1) is 0 Å². The predicted octanol–water partition coefficient (Wildman–Crippen LogP) is 0.409. The molecule has 1 saturated heterocycles. The Kier molecular flexibility index (Phi) is 4.96. The van der Waals surface area contributed by atoms with E-state index >= 15 is 0 Å². The molecular weight excluding hydrogens is 351 g/mol. The number of likely N-dealkylation sites (N-methyl/N-ethyl adjacent to an activating group) is 1. The topological polar surface area (TPSA) is 84.5 Å². The molecule has 1 aromatic heterocycles. The lowest BCUT2D eigenvalue weighted by Gasteiger charge is -2.37.